The topological polar surface area (TPSA) is 111 Å². The summed E-state index contributed by atoms with van der Waals surface area (Å²) in [6, 6.07) is -0.649. The maximum absolute atomic E-state index is 11.4. The summed E-state index contributed by atoms with van der Waals surface area (Å²) in [5, 5.41) is 31.6. The van der Waals surface area contributed by atoms with Crippen LogP contribution in [-0.2, 0) is 9.53 Å². The molecule has 1 unspecified atom stereocenters. The van der Waals surface area contributed by atoms with Crippen LogP contribution in [0.2, 0.25) is 0 Å². The van der Waals surface area contributed by atoms with E-state index in [2.05, 4.69) is 10.3 Å². The molecule has 19 heavy (non-hydrogen) atoms. The summed E-state index contributed by atoms with van der Waals surface area (Å²) in [6.07, 6.45) is -0.210. The Morgan fingerprint density at radius 2 is 2.26 bits per heavy atom. The van der Waals surface area contributed by atoms with E-state index in [9.17, 15) is 15.0 Å². The summed E-state index contributed by atoms with van der Waals surface area (Å²) in [5.41, 5.74) is -0.517. The van der Waals surface area contributed by atoms with Gasteiger partial charge < -0.3 is 25.4 Å². The number of rotatable bonds is 2. The van der Waals surface area contributed by atoms with Gasteiger partial charge in [-0.05, 0) is 13.0 Å². The van der Waals surface area contributed by atoms with Gasteiger partial charge in [-0.3, -0.25) is 9.79 Å². The van der Waals surface area contributed by atoms with E-state index < -0.39 is 29.8 Å². The molecule has 0 aromatic carbocycles. The van der Waals surface area contributed by atoms with Gasteiger partial charge in [0.15, 0.2) is 5.17 Å². The molecule has 0 aromatic heterocycles. The van der Waals surface area contributed by atoms with E-state index in [1.165, 1.54) is 6.08 Å². The van der Waals surface area contributed by atoms with Gasteiger partial charge in [0, 0.05) is 0 Å². The lowest BCUT2D eigenvalue weighted by Crippen LogP contribution is -2.55. The highest BCUT2D eigenvalue weighted by atomic mass is 32.2. The molecule has 2 aliphatic rings. The van der Waals surface area contributed by atoms with Crippen molar-refractivity contribution in [3.05, 3.63) is 12.2 Å². The molecule has 0 spiro atoms. The minimum absolute atomic E-state index is 0.318. The Bertz CT molecular complexity index is 414. The number of nitrogens with one attached hydrogen (secondary N) is 1. The molecule has 7 nitrogen and oxygen atoms in total. The van der Waals surface area contributed by atoms with Crippen molar-refractivity contribution < 1.29 is 24.9 Å². The van der Waals surface area contributed by atoms with Crippen LogP contribution in [0.5, 0.6) is 0 Å². The molecule has 8 heteroatoms. The lowest BCUT2D eigenvalue weighted by atomic mass is 9.99. The summed E-state index contributed by atoms with van der Waals surface area (Å²) in [6.45, 7) is 1.33. The maximum Gasteiger partial charge on any atom is 0.249 e. The maximum atomic E-state index is 11.4. The minimum Gasteiger partial charge on any atom is -0.394 e. The summed E-state index contributed by atoms with van der Waals surface area (Å²) in [5.74, 6) is -0.318. The molecule has 2 rings (SSSR count). The normalized spacial score (nSPS) is 38.1. The molecule has 5 atom stereocenters. The number of allylic oxidation sites excluding steroid dienone is 1. The molecule has 4 N–H and O–H groups in total. The second-order valence-electron chi connectivity index (χ2n) is 4.24. The molecule has 2 heterocycles. The zero-order chi connectivity index (χ0) is 14.0. The van der Waals surface area contributed by atoms with Crippen LogP contribution in [0.3, 0.4) is 0 Å². The molecule has 1 fully saturated rings. The van der Waals surface area contributed by atoms with Gasteiger partial charge in [-0.1, -0.05) is 17.8 Å². The lowest BCUT2D eigenvalue weighted by Gasteiger charge is -2.37. The number of hydrogen-bond acceptors (Lipinski definition) is 7. The first-order valence-electron chi connectivity index (χ1n) is 5.87. The molecule has 0 saturated carbocycles. The van der Waals surface area contributed by atoms with Crippen molar-refractivity contribution in [1.82, 2.24) is 5.32 Å². The third-order valence-corrected chi connectivity index (χ3v) is 3.94. The van der Waals surface area contributed by atoms with Gasteiger partial charge in [-0.25, -0.2) is 0 Å². The van der Waals surface area contributed by atoms with Crippen molar-refractivity contribution >= 4 is 22.8 Å². The number of aliphatic imine (C=N–C) groups is 1. The Balaban J connectivity index is 2.04. The van der Waals surface area contributed by atoms with Crippen LogP contribution in [0, 0.1) is 0 Å². The fraction of sp³-hybridized carbons (Fsp3) is 0.636. The summed E-state index contributed by atoms with van der Waals surface area (Å²) >= 11 is 1.15. The molecule has 2 aliphatic heterocycles. The average Bonchev–Trinajstić information content (AvgIpc) is 2.76. The first-order chi connectivity index (χ1) is 9.06. The Hall–Kier alpha value is -0.930. The summed E-state index contributed by atoms with van der Waals surface area (Å²) < 4.78 is 5.43. The van der Waals surface area contributed by atoms with Gasteiger partial charge >= 0.3 is 0 Å². The van der Waals surface area contributed by atoms with Crippen LogP contribution in [-0.4, -0.2) is 62.8 Å². The SMILES string of the molecule is C/C=C/C(=O)NC1=N[C@H]2C(O[C@H](CO)[C@@H](O)[C@@H]2O)S1. The predicted octanol–water partition coefficient (Wildman–Crippen LogP) is -1.41. The second kappa shape index (κ2) is 6.02. The number of fused-ring (bicyclic) bond motifs is 1. The van der Waals surface area contributed by atoms with Gasteiger partial charge in [0.05, 0.1) is 6.61 Å². The van der Waals surface area contributed by atoms with Crippen molar-refractivity contribution in [1.29, 1.82) is 0 Å². The van der Waals surface area contributed by atoms with E-state index in [0.29, 0.717) is 5.17 Å². The van der Waals surface area contributed by atoms with E-state index in [1.54, 1.807) is 13.0 Å². The number of nitrogens with zero attached hydrogens (tertiary/aromatic N) is 1. The van der Waals surface area contributed by atoms with E-state index >= 15 is 0 Å². The molecular formula is C11H16N2O5S. The smallest absolute Gasteiger partial charge is 0.249 e. The highest BCUT2D eigenvalue weighted by Gasteiger charge is 2.48. The number of thioether (sulfide) groups is 1. The first kappa shape index (κ1) is 14.5. The average molecular weight is 288 g/mol. The molecule has 0 aromatic rings. The Kier molecular flexibility index (Phi) is 4.58. The number of ether oxygens (including phenoxy) is 1. The molecule has 0 aliphatic carbocycles. The Morgan fingerprint density at radius 1 is 1.53 bits per heavy atom. The van der Waals surface area contributed by atoms with E-state index in [4.69, 9.17) is 9.84 Å². The van der Waals surface area contributed by atoms with Crippen LogP contribution in [0.1, 0.15) is 6.92 Å². The highest BCUT2D eigenvalue weighted by Crippen LogP contribution is 2.35. The number of hydrogen-bond donors (Lipinski definition) is 4. The van der Waals surface area contributed by atoms with E-state index in [-0.39, 0.29) is 12.5 Å². The van der Waals surface area contributed by atoms with Crippen LogP contribution >= 0.6 is 11.8 Å². The third-order valence-electron chi connectivity index (χ3n) is 2.89. The third kappa shape index (κ3) is 2.98. The summed E-state index contributed by atoms with van der Waals surface area (Å²) in [7, 11) is 0. The fourth-order valence-electron chi connectivity index (χ4n) is 1.94. The Morgan fingerprint density at radius 3 is 2.89 bits per heavy atom. The second-order valence-corrected chi connectivity index (χ2v) is 5.33. The number of carbonyl (C=O) groups is 1. The molecule has 106 valence electrons. The number of carbonyl (C=O) groups excluding carboxylic acids is 1. The van der Waals surface area contributed by atoms with Gasteiger partial charge in [-0.15, -0.1) is 0 Å². The number of amidine groups is 1. The van der Waals surface area contributed by atoms with Crippen molar-refractivity contribution in [2.24, 2.45) is 4.99 Å². The monoisotopic (exact) mass is 288 g/mol. The zero-order valence-corrected chi connectivity index (χ0v) is 11.1. The number of aliphatic hydroxyl groups excluding tert-OH is 3. The Labute approximate surface area is 114 Å². The van der Waals surface area contributed by atoms with Gasteiger partial charge in [-0.2, -0.15) is 0 Å². The van der Waals surface area contributed by atoms with Gasteiger partial charge in [0.25, 0.3) is 0 Å². The summed E-state index contributed by atoms with van der Waals surface area (Å²) in [4.78, 5) is 15.5. The van der Waals surface area contributed by atoms with Gasteiger partial charge in [0.2, 0.25) is 5.91 Å². The quantitative estimate of drug-likeness (QED) is 0.465. The van der Waals surface area contributed by atoms with Crippen molar-refractivity contribution in [3.8, 4) is 0 Å². The van der Waals surface area contributed by atoms with Crippen LogP contribution in [0.25, 0.3) is 0 Å². The van der Waals surface area contributed by atoms with Crippen molar-refractivity contribution in [2.75, 3.05) is 6.61 Å². The van der Waals surface area contributed by atoms with Crippen molar-refractivity contribution in [2.45, 2.75) is 36.7 Å². The minimum atomic E-state index is -1.19. The van der Waals surface area contributed by atoms with Crippen LogP contribution in [0.15, 0.2) is 17.1 Å². The van der Waals surface area contributed by atoms with E-state index in [0.717, 1.165) is 11.8 Å². The fourth-order valence-corrected chi connectivity index (χ4v) is 3.06. The predicted molar refractivity (Wildman–Crippen MR) is 69.5 cm³/mol. The highest BCUT2D eigenvalue weighted by molar-refractivity contribution is 8.14. The van der Waals surface area contributed by atoms with Crippen LogP contribution in [0.4, 0.5) is 0 Å². The van der Waals surface area contributed by atoms with E-state index in [1.807, 2.05) is 0 Å². The molecule has 0 radical (unpaired) electrons. The lowest BCUT2D eigenvalue weighted by molar-refractivity contribution is -0.164. The van der Waals surface area contributed by atoms with Gasteiger partial charge in [0.1, 0.15) is 29.8 Å². The first-order valence-corrected chi connectivity index (χ1v) is 6.75. The van der Waals surface area contributed by atoms with Crippen LogP contribution < -0.4 is 5.32 Å². The largest absolute Gasteiger partial charge is 0.394 e. The zero-order valence-electron chi connectivity index (χ0n) is 10.3. The molecule has 1 saturated heterocycles. The molecule has 0 bridgehead atoms. The van der Waals surface area contributed by atoms with Crippen molar-refractivity contribution in [3.63, 3.8) is 0 Å². The molecule has 1 amide bonds. The molecular weight excluding hydrogens is 272 g/mol. The number of aliphatic hydroxyl groups is 3. The number of amides is 1. The standard InChI is InChI=1S/C11H16N2O5S/c1-2-3-6(15)12-11-13-7-9(17)8(16)5(4-14)18-10(7)19-11/h2-3,5,7-10,14,16-17H,4H2,1H3,(H,12,13,15)/b3-2+/t5-,7-,8-,9-,10?/m1/s1.